The van der Waals surface area contributed by atoms with Crippen LogP contribution in [-0.4, -0.2) is 34.8 Å². The Hall–Kier alpha value is -2.94. The third-order valence-electron chi connectivity index (χ3n) is 3.47. The predicted octanol–water partition coefficient (Wildman–Crippen LogP) is 2.31. The quantitative estimate of drug-likeness (QED) is 0.364. The van der Waals surface area contributed by atoms with Gasteiger partial charge in [0.1, 0.15) is 11.5 Å². The van der Waals surface area contributed by atoms with Gasteiger partial charge < -0.3 is 14.5 Å². The summed E-state index contributed by atoms with van der Waals surface area (Å²) in [5.41, 5.74) is 3.80. The van der Waals surface area contributed by atoms with E-state index >= 15 is 0 Å². The van der Waals surface area contributed by atoms with Gasteiger partial charge in [-0.3, -0.25) is 14.6 Å². The number of benzene rings is 1. The molecule has 1 aromatic heterocycles. The Morgan fingerprint density at radius 3 is 2.59 bits per heavy atom. The lowest BCUT2D eigenvalue weighted by Gasteiger charge is -2.12. The largest absolute Gasteiger partial charge is 0.494 e. The minimum Gasteiger partial charge on any atom is -0.494 e. The van der Waals surface area contributed by atoms with Crippen LogP contribution in [0.5, 0.6) is 11.5 Å². The van der Waals surface area contributed by atoms with Crippen LogP contribution in [-0.2, 0) is 11.2 Å². The summed E-state index contributed by atoms with van der Waals surface area (Å²) in [6.45, 7) is 6.59. The number of nitrogens with zero attached hydrogens (tertiary/aromatic N) is 1. The Labute approximate surface area is 161 Å². The Bertz CT molecular complexity index is 921. The molecule has 27 heavy (non-hydrogen) atoms. The van der Waals surface area contributed by atoms with E-state index in [0.717, 1.165) is 5.56 Å². The summed E-state index contributed by atoms with van der Waals surface area (Å²) >= 11 is 4.89. The van der Waals surface area contributed by atoms with Crippen LogP contribution in [0.1, 0.15) is 32.0 Å². The number of hydrogen-bond acceptors (Lipinski definition) is 6. The molecule has 0 unspecified atom stereocenters. The molecule has 0 saturated carbocycles. The third-order valence-corrected chi connectivity index (χ3v) is 3.67. The number of rotatable bonds is 8. The summed E-state index contributed by atoms with van der Waals surface area (Å²) in [5.74, 6) is 0.951. The standard InChI is InChI=1S/C18H22N4O4S/c1-4-25-13-6-7-15(26-5-2)14(10-13)11(3)21-22-17(24)9-12-8-16(23)20-18(27)19-12/h6-8,10H,4-5,9H2,1-3H3,(H,22,24)(H2,19,20,23,27)/b21-11-. The second-order valence-electron chi connectivity index (χ2n) is 5.55. The average Bonchev–Trinajstić information content (AvgIpc) is 2.60. The Morgan fingerprint density at radius 2 is 1.93 bits per heavy atom. The maximum absolute atomic E-state index is 12.1. The van der Waals surface area contributed by atoms with Crippen molar-refractivity contribution in [3.05, 3.63) is 50.6 Å². The fourth-order valence-corrected chi connectivity index (χ4v) is 2.59. The first-order valence-electron chi connectivity index (χ1n) is 8.48. The minimum absolute atomic E-state index is 0.0539. The number of hydrogen-bond donors (Lipinski definition) is 3. The molecule has 0 aliphatic rings. The molecule has 0 spiro atoms. The van der Waals surface area contributed by atoms with Crippen molar-refractivity contribution in [3.63, 3.8) is 0 Å². The van der Waals surface area contributed by atoms with Gasteiger partial charge in [-0.05, 0) is 51.2 Å². The maximum atomic E-state index is 12.1. The van der Waals surface area contributed by atoms with E-state index in [0.29, 0.717) is 36.1 Å². The van der Waals surface area contributed by atoms with Crippen molar-refractivity contribution in [1.29, 1.82) is 0 Å². The van der Waals surface area contributed by atoms with Gasteiger partial charge in [0.2, 0.25) is 5.91 Å². The van der Waals surface area contributed by atoms with E-state index in [1.165, 1.54) is 6.07 Å². The van der Waals surface area contributed by atoms with Crippen LogP contribution in [0.2, 0.25) is 0 Å². The van der Waals surface area contributed by atoms with Crippen LogP contribution in [0.25, 0.3) is 0 Å². The van der Waals surface area contributed by atoms with E-state index in [-0.39, 0.29) is 22.7 Å². The second-order valence-corrected chi connectivity index (χ2v) is 5.95. The van der Waals surface area contributed by atoms with Gasteiger partial charge in [-0.2, -0.15) is 5.10 Å². The van der Waals surface area contributed by atoms with Crippen LogP contribution in [0.3, 0.4) is 0 Å². The van der Waals surface area contributed by atoms with E-state index in [2.05, 4.69) is 20.5 Å². The number of aromatic amines is 2. The molecule has 1 amide bonds. The minimum atomic E-state index is -0.385. The molecule has 1 aromatic carbocycles. The number of nitrogens with one attached hydrogen (secondary N) is 3. The molecular weight excluding hydrogens is 368 g/mol. The molecule has 0 radical (unpaired) electrons. The first kappa shape index (κ1) is 20.4. The summed E-state index contributed by atoms with van der Waals surface area (Å²) in [4.78, 5) is 28.7. The zero-order chi connectivity index (χ0) is 19.8. The highest BCUT2D eigenvalue weighted by Gasteiger charge is 2.10. The number of ether oxygens (including phenoxy) is 2. The Balaban J connectivity index is 2.15. The SMILES string of the molecule is CCOc1ccc(OCC)c(/C(C)=N\NC(=O)Cc2cc(=O)[nH]c(=S)[nH]2)c1. The van der Waals surface area contributed by atoms with Crippen LogP contribution in [0, 0.1) is 4.77 Å². The Morgan fingerprint density at radius 1 is 1.19 bits per heavy atom. The van der Waals surface area contributed by atoms with Crippen molar-refractivity contribution in [2.75, 3.05) is 13.2 Å². The first-order valence-corrected chi connectivity index (χ1v) is 8.89. The zero-order valence-corrected chi connectivity index (χ0v) is 16.2. The lowest BCUT2D eigenvalue weighted by molar-refractivity contribution is -0.120. The van der Waals surface area contributed by atoms with Crippen molar-refractivity contribution in [1.82, 2.24) is 15.4 Å². The number of carbonyl (C=O) groups excluding carboxylic acids is 1. The summed E-state index contributed by atoms with van der Waals surface area (Å²) in [7, 11) is 0. The molecule has 2 aromatic rings. The van der Waals surface area contributed by atoms with Crippen LogP contribution >= 0.6 is 12.2 Å². The van der Waals surface area contributed by atoms with Gasteiger partial charge in [0.05, 0.1) is 25.3 Å². The topological polar surface area (TPSA) is 109 Å². The number of amides is 1. The molecular formula is C18H22N4O4S. The smallest absolute Gasteiger partial charge is 0.251 e. The number of aromatic nitrogens is 2. The highest BCUT2D eigenvalue weighted by Crippen LogP contribution is 2.25. The molecule has 0 saturated heterocycles. The third kappa shape index (κ3) is 6.07. The van der Waals surface area contributed by atoms with E-state index in [9.17, 15) is 9.59 Å². The predicted molar refractivity (Wildman–Crippen MR) is 105 cm³/mol. The van der Waals surface area contributed by atoms with Gasteiger partial charge in [-0.25, -0.2) is 5.43 Å². The van der Waals surface area contributed by atoms with Crippen LogP contribution in [0.15, 0.2) is 34.2 Å². The van der Waals surface area contributed by atoms with Crippen molar-refractivity contribution >= 4 is 23.8 Å². The molecule has 0 aliphatic heterocycles. The molecule has 8 nitrogen and oxygen atoms in total. The Kier molecular flexibility index (Phi) is 7.30. The van der Waals surface area contributed by atoms with Crippen molar-refractivity contribution in [2.45, 2.75) is 27.2 Å². The van der Waals surface area contributed by atoms with Crippen LogP contribution in [0.4, 0.5) is 0 Å². The average molecular weight is 390 g/mol. The first-order chi connectivity index (χ1) is 12.9. The number of carbonyl (C=O) groups is 1. The van der Waals surface area contributed by atoms with Crippen LogP contribution < -0.4 is 20.5 Å². The van der Waals surface area contributed by atoms with Crippen molar-refractivity contribution < 1.29 is 14.3 Å². The number of hydrazone groups is 1. The van der Waals surface area contributed by atoms with E-state index in [4.69, 9.17) is 21.7 Å². The summed E-state index contributed by atoms with van der Waals surface area (Å²) in [5, 5.41) is 4.14. The normalized spacial score (nSPS) is 11.1. The molecule has 0 bridgehead atoms. The second kappa shape index (κ2) is 9.67. The van der Waals surface area contributed by atoms with Gasteiger partial charge in [-0.15, -0.1) is 0 Å². The van der Waals surface area contributed by atoms with Gasteiger partial charge in [0.15, 0.2) is 4.77 Å². The fourth-order valence-electron chi connectivity index (χ4n) is 2.36. The van der Waals surface area contributed by atoms with E-state index in [1.54, 1.807) is 13.0 Å². The van der Waals surface area contributed by atoms with Gasteiger partial charge in [-0.1, -0.05) is 0 Å². The summed E-state index contributed by atoms with van der Waals surface area (Å²) < 4.78 is 11.3. The highest BCUT2D eigenvalue weighted by molar-refractivity contribution is 7.71. The van der Waals surface area contributed by atoms with Gasteiger partial charge in [0.25, 0.3) is 5.56 Å². The molecule has 3 N–H and O–H groups in total. The summed E-state index contributed by atoms with van der Waals surface area (Å²) in [6, 6.07) is 6.72. The molecule has 2 rings (SSSR count). The van der Waals surface area contributed by atoms with Crippen molar-refractivity contribution in [2.24, 2.45) is 5.10 Å². The van der Waals surface area contributed by atoms with E-state index in [1.807, 2.05) is 26.0 Å². The van der Waals surface area contributed by atoms with Gasteiger partial charge >= 0.3 is 0 Å². The molecule has 0 aliphatic carbocycles. The molecule has 1 heterocycles. The molecule has 9 heteroatoms. The fraction of sp³-hybridized carbons (Fsp3) is 0.333. The molecule has 144 valence electrons. The lowest BCUT2D eigenvalue weighted by atomic mass is 10.1. The van der Waals surface area contributed by atoms with Crippen molar-refractivity contribution in [3.8, 4) is 11.5 Å². The monoisotopic (exact) mass is 390 g/mol. The number of H-pyrrole nitrogens is 2. The zero-order valence-electron chi connectivity index (χ0n) is 15.4. The highest BCUT2D eigenvalue weighted by atomic mass is 32.1. The molecule has 0 atom stereocenters. The maximum Gasteiger partial charge on any atom is 0.251 e. The summed E-state index contributed by atoms with van der Waals surface area (Å²) in [6.07, 6.45) is -0.0539. The van der Waals surface area contributed by atoms with Gasteiger partial charge in [0, 0.05) is 17.3 Å². The molecule has 0 fully saturated rings. The van der Waals surface area contributed by atoms with E-state index < -0.39 is 0 Å². The lowest BCUT2D eigenvalue weighted by Crippen LogP contribution is -2.23.